The topological polar surface area (TPSA) is 147 Å². The highest BCUT2D eigenvalue weighted by Gasteiger charge is 2.32. The minimum Gasteiger partial charge on any atom is -0.490 e. The Morgan fingerprint density at radius 2 is 1.83 bits per heavy atom. The first kappa shape index (κ1) is 31.4. The third kappa shape index (κ3) is 5.76. The number of anilines is 3. The van der Waals surface area contributed by atoms with Crippen LogP contribution in [0.4, 0.5) is 32.1 Å². The van der Waals surface area contributed by atoms with Crippen molar-refractivity contribution in [2.24, 2.45) is 20.0 Å². The number of imide groups is 1. The number of piperazine rings is 1. The molecule has 1 atom stereocenters. The second-order valence-electron chi connectivity index (χ2n) is 12.6. The van der Waals surface area contributed by atoms with E-state index in [1.54, 1.807) is 40.8 Å². The number of hydrogen-bond acceptors (Lipinski definition) is 10. The van der Waals surface area contributed by atoms with Crippen LogP contribution in [0.2, 0.25) is 0 Å². The molecule has 0 spiro atoms. The standard InChI is InChI=1S/C32H37FN10O5/c1-37-19-21(16-34-37)22-13-28(43(46)47)29(48-3)15-26(22)41-6-4-20(18-41)17-39-8-10-40(11-9-39)27-14-25-23(12-24(27)33)31(36-38(25)2)42-7-5-30(44)35-32(42)45/h12-16,19-20H,4-11,17-18H2,1-3H3,(H,35,44,45)/t20-/m1/s1. The number of urea groups is 1. The van der Waals surface area contributed by atoms with Crippen molar-refractivity contribution in [2.75, 3.05) is 74.2 Å². The summed E-state index contributed by atoms with van der Waals surface area (Å²) in [6.07, 6.45) is 4.70. The van der Waals surface area contributed by atoms with E-state index in [4.69, 9.17) is 4.74 Å². The number of benzene rings is 2. The van der Waals surface area contributed by atoms with Crippen LogP contribution in [-0.2, 0) is 18.9 Å². The van der Waals surface area contributed by atoms with Gasteiger partial charge in [0.25, 0.3) is 0 Å². The molecule has 3 fully saturated rings. The molecule has 2 aromatic carbocycles. The van der Waals surface area contributed by atoms with Gasteiger partial charge >= 0.3 is 11.7 Å². The number of carbonyl (C=O) groups excluding carboxylic acids is 2. The van der Waals surface area contributed by atoms with E-state index in [-0.39, 0.29) is 36.1 Å². The second-order valence-corrected chi connectivity index (χ2v) is 12.6. The molecule has 0 saturated carbocycles. The van der Waals surface area contributed by atoms with Crippen LogP contribution in [0.15, 0.2) is 36.7 Å². The molecular weight excluding hydrogens is 623 g/mol. The zero-order valence-corrected chi connectivity index (χ0v) is 27.1. The number of nitrogens with one attached hydrogen (secondary N) is 1. The lowest BCUT2D eigenvalue weighted by Gasteiger charge is -2.37. The lowest BCUT2D eigenvalue weighted by atomic mass is 10.0. The molecule has 48 heavy (non-hydrogen) atoms. The average molecular weight is 661 g/mol. The molecule has 15 nitrogen and oxygen atoms in total. The predicted octanol–water partition coefficient (Wildman–Crippen LogP) is 3.12. The zero-order valence-electron chi connectivity index (χ0n) is 27.1. The number of ether oxygens (including phenoxy) is 1. The van der Waals surface area contributed by atoms with Crippen LogP contribution in [-0.4, -0.2) is 101 Å². The molecule has 3 saturated heterocycles. The first-order valence-corrected chi connectivity index (χ1v) is 15.9. The van der Waals surface area contributed by atoms with Crippen molar-refractivity contribution in [2.45, 2.75) is 12.8 Å². The highest BCUT2D eigenvalue weighted by molar-refractivity contribution is 6.09. The van der Waals surface area contributed by atoms with Gasteiger partial charge in [-0.1, -0.05) is 0 Å². The van der Waals surface area contributed by atoms with Gasteiger partial charge in [-0.2, -0.15) is 10.2 Å². The van der Waals surface area contributed by atoms with E-state index in [2.05, 4.69) is 30.2 Å². The fraction of sp³-hybridized carbons (Fsp3) is 0.438. The number of aromatic nitrogens is 4. The number of nitro benzene ring substituents is 1. The van der Waals surface area contributed by atoms with Crippen LogP contribution in [0.25, 0.3) is 22.0 Å². The molecule has 2 aromatic heterocycles. The quantitative estimate of drug-likeness (QED) is 0.221. The van der Waals surface area contributed by atoms with E-state index in [1.165, 1.54) is 18.1 Å². The fourth-order valence-corrected chi connectivity index (χ4v) is 7.11. The zero-order chi connectivity index (χ0) is 33.7. The Morgan fingerprint density at radius 1 is 1.04 bits per heavy atom. The molecule has 0 bridgehead atoms. The van der Waals surface area contributed by atoms with Crippen molar-refractivity contribution < 1.29 is 23.6 Å². The van der Waals surface area contributed by atoms with Crippen molar-refractivity contribution in [3.05, 3.63) is 52.6 Å². The van der Waals surface area contributed by atoms with E-state index >= 15 is 4.39 Å². The molecule has 3 aliphatic rings. The molecule has 1 N–H and O–H groups in total. The number of nitrogens with zero attached hydrogens (tertiary/aromatic N) is 9. The monoisotopic (exact) mass is 660 g/mol. The van der Waals surface area contributed by atoms with Crippen molar-refractivity contribution in [1.82, 2.24) is 29.8 Å². The number of amides is 3. The number of aryl methyl sites for hydroxylation is 2. The summed E-state index contributed by atoms with van der Waals surface area (Å²) in [5.74, 6) is 0.229. The first-order valence-electron chi connectivity index (χ1n) is 15.9. The van der Waals surface area contributed by atoms with Gasteiger partial charge in [-0.3, -0.25) is 39.4 Å². The van der Waals surface area contributed by atoms with Gasteiger partial charge in [0.1, 0.15) is 5.82 Å². The van der Waals surface area contributed by atoms with Crippen molar-refractivity contribution >= 4 is 45.7 Å². The smallest absolute Gasteiger partial charge is 0.329 e. The first-order chi connectivity index (χ1) is 23.1. The van der Waals surface area contributed by atoms with E-state index in [1.807, 2.05) is 13.2 Å². The number of nitro groups is 1. The summed E-state index contributed by atoms with van der Waals surface area (Å²) in [5.41, 5.74) is 3.56. The minimum absolute atomic E-state index is 0.0831. The van der Waals surface area contributed by atoms with E-state index in [0.717, 1.165) is 56.0 Å². The number of hydrogen-bond donors (Lipinski definition) is 1. The molecule has 0 unspecified atom stereocenters. The lowest BCUT2D eigenvalue weighted by molar-refractivity contribution is -0.385. The highest BCUT2D eigenvalue weighted by atomic mass is 19.1. The van der Waals surface area contributed by atoms with Gasteiger partial charge < -0.3 is 14.5 Å². The molecule has 7 rings (SSSR count). The van der Waals surface area contributed by atoms with Crippen LogP contribution < -0.4 is 24.8 Å². The summed E-state index contributed by atoms with van der Waals surface area (Å²) in [7, 11) is 5.02. The van der Waals surface area contributed by atoms with Crippen molar-refractivity contribution in [1.29, 1.82) is 0 Å². The van der Waals surface area contributed by atoms with Crippen LogP contribution in [0.1, 0.15) is 12.8 Å². The lowest BCUT2D eigenvalue weighted by Crippen LogP contribution is -2.49. The van der Waals surface area contributed by atoms with Gasteiger partial charge in [-0.05, 0) is 24.5 Å². The molecule has 252 valence electrons. The minimum atomic E-state index is -0.557. The molecule has 0 aliphatic carbocycles. The van der Waals surface area contributed by atoms with Crippen LogP contribution >= 0.6 is 0 Å². The number of fused-ring (bicyclic) bond motifs is 1. The van der Waals surface area contributed by atoms with Gasteiger partial charge in [0.05, 0.1) is 29.4 Å². The Kier molecular flexibility index (Phi) is 8.10. The Labute approximate surface area is 275 Å². The normalized spacial score (nSPS) is 19.0. The molecule has 5 heterocycles. The van der Waals surface area contributed by atoms with Crippen LogP contribution in [0.5, 0.6) is 5.75 Å². The molecule has 0 radical (unpaired) electrons. The molecule has 4 aromatic rings. The molecular formula is C32H37FN10O5. The summed E-state index contributed by atoms with van der Waals surface area (Å²) in [6.45, 7) is 5.56. The van der Waals surface area contributed by atoms with Crippen LogP contribution in [0.3, 0.4) is 0 Å². The summed E-state index contributed by atoms with van der Waals surface area (Å²) in [4.78, 5) is 43.5. The second kappa shape index (κ2) is 12.4. The Morgan fingerprint density at radius 3 is 2.52 bits per heavy atom. The summed E-state index contributed by atoms with van der Waals surface area (Å²) in [5, 5.41) is 23.4. The Bertz CT molecular complexity index is 1920. The van der Waals surface area contributed by atoms with Gasteiger partial charge in [-0.15, -0.1) is 0 Å². The predicted molar refractivity (Wildman–Crippen MR) is 177 cm³/mol. The Balaban J connectivity index is 1.02. The number of carbonyl (C=O) groups is 2. The van der Waals surface area contributed by atoms with Gasteiger partial charge in [0.15, 0.2) is 11.6 Å². The summed E-state index contributed by atoms with van der Waals surface area (Å²) < 4.78 is 24.3. The highest BCUT2D eigenvalue weighted by Crippen LogP contribution is 2.42. The van der Waals surface area contributed by atoms with Gasteiger partial charge in [0, 0.05) is 113 Å². The maximum atomic E-state index is 15.6. The van der Waals surface area contributed by atoms with Crippen molar-refractivity contribution in [3.63, 3.8) is 0 Å². The van der Waals surface area contributed by atoms with E-state index in [0.29, 0.717) is 41.4 Å². The Hall–Kier alpha value is -5.25. The summed E-state index contributed by atoms with van der Waals surface area (Å²) in [6, 6.07) is 6.01. The summed E-state index contributed by atoms with van der Waals surface area (Å²) >= 11 is 0. The third-order valence-electron chi connectivity index (χ3n) is 9.57. The fourth-order valence-electron chi connectivity index (χ4n) is 7.11. The maximum absolute atomic E-state index is 15.6. The van der Waals surface area contributed by atoms with Crippen LogP contribution in [0, 0.1) is 21.8 Å². The largest absolute Gasteiger partial charge is 0.490 e. The van der Waals surface area contributed by atoms with Gasteiger partial charge in [0.2, 0.25) is 5.91 Å². The SMILES string of the molecule is COc1cc(N2CC[C@H](CN3CCN(c4cc5c(cc4F)c(N4CCC(=O)NC4=O)nn5C)CC3)C2)c(-c2cnn(C)c2)cc1[N+](=O)[O-]. The number of halogens is 1. The molecule has 16 heteroatoms. The number of rotatable bonds is 8. The van der Waals surface area contributed by atoms with E-state index < -0.39 is 11.0 Å². The average Bonchev–Trinajstić information content (AvgIpc) is 3.79. The van der Waals surface area contributed by atoms with Crippen molar-refractivity contribution in [3.8, 4) is 16.9 Å². The molecule has 3 aliphatic heterocycles. The maximum Gasteiger partial charge on any atom is 0.329 e. The molecule has 3 amide bonds. The third-order valence-corrected chi connectivity index (χ3v) is 9.57. The van der Waals surface area contributed by atoms with Gasteiger partial charge in [-0.25, -0.2) is 9.18 Å². The van der Waals surface area contributed by atoms with E-state index in [9.17, 15) is 19.7 Å². The number of methoxy groups -OCH3 is 1.